The van der Waals surface area contributed by atoms with Gasteiger partial charge in [0.05, 0.1) is 18.0 Å². The highest BCUT2D eigenvalue weighted by atomic mass is 32.2. The molecule has 0 saturated carbocycles. The van der Waals surface area contributed by atoms with E-state index in [9.17, 15) is 18.0 Å². The molecule has 2 aromatic rings. The first-order valence-electron chi connectivity index (χ1n) is 9.81. The van der Waals surface area contributed by atoms with E-state index >= 15 is 0 Å². The van der Waals surface area contributed by atoms with Crippen molar-refractivity contribution in [1.29, 1.82) is 0 Å². The van der Waals surface area contributed by atoms with Crippen molar-refractivity contribution in [1.82, 2.24) is 9.62 Å². The number of carbonyl (C=O) groups excluding carboxylic acids is 2. The largest absolute Gasteiger partial charge is 0.325 e. The van der Waals surface area contributed by atoms with E-state index in [1.165, 1.54) is 12.1 Å². The molecule has 3 rings (SSSR count). The van der Waals surface area contributed by atoms with Crippen LogP contribution in [0.3, 0.4) is 0 Å². The zero-order valence-electron chi connectivity index (χ0n) is 17.2. The van der Waals surface area contributed by atoms with Gasteiger partial charge in [-0.25, -0.2) is 8.42 Å². The van der Waals surface area contributed by atoms with E-state index in [1.54, 1.807) is 36.2 Å². The Bertz CT molecular complexity index is 1070. The summed E-state index contributed by atoms with van der Waals surface area (Å²) < 4.78 is 27.5. The third-order valence-corrected chi connectivity index (χ3v) is 5.82. The predicted octanol–water partition coefficient (Wildman–Crippen LogP) is 1.67. The first-order chi connectivity index (χ1) is 14.8. The number of hydrogen-bond donors (Lipinski definition) is 3. The van der Waals surface area contributed by atoms with Crippen LogP contribution in [-0.2, 0) is 19.6 Å². The molecule has 9 nitrogen and oxygen atoms in total. The van der Waals surface area contributed by atoms with Crippen LogP contribution in [0.15, 0.2) is 64.5 Å². The summed E-state index contributed by atoms with van der Waals surface area (Å²) in [5.41, 5.74) is 1.03. The molecule has 3 N–H and O–H groups in total. The quantitative estimate of drug-likeness (QED) is 0.573. The van der Waals surface area contributed by atoms with Crippen LogP contribution in [0.4, 0.5) is 11.4 Å². The van der Waals surface area contributed by atoms with Gasteiger partial charge in [-0.3, -0.25) is 24.2 Å². The molecule has 0 unspecified atom stereocenters. The van der Waals surface area contributed by atoms with Crippen LogP contribution >= 0.6 is 0 Å². The fraction of sp³-hybridized carbons (Fsp3) is 0.286. The number of nitrogens with one attached hydrogen (secondary N) is 3. The Morgan fingerprint density at radius 1 is 0.968 bits per heavy atom. The molecule has 10 heteroatoms. The molecular formula is C21H25N5O4S. The topological polar surface area (TPSA) is 120 Å². The number of para-hydroxylation sites is 1. The number of amidine groups is 1. The van der Waals surface area contributed by atoms with Crippen LogP contribution in [0.2, 0.25) is 0 Å². The van der Waals surface area contributed by atoms with Crippen molar-refractivity contribution in [3.05, 3.63) is 54.6 Å². The summed E-state index contributed by atoms with van der Waals surface area (Å²) >= 11 is 0. The van der Waals surface area contributed by atoms with Gasteiger partial charge in [-0.1, -0.05) is 24.3 Å². The van der Waals surface area contributed by atoms with Crippen LogP contribution in [0.25, 0.3) is 0 Å². The van der Waals surface area contributed by atoms with Gasteiger partial charge >= 0.3 is 0 Å². The van der Waals surface area contributed by atoms with Crippen molar-refractivity contribution >= 4 is 39.0 Å². The minimum absolute atomic E-state index is 0.0305. The lowest BCUT2D eigenvalue weighted by atomic mass is 10.3. The molecule has 0 aromatic heterocycles. The van der Waals surface area contributed by atoms with E-state index in [0.29, 0.717) is 30.2 Å². The summed E-state index contributed by atoms with van der Waals surface area (Å²) in [5, 5.41) is 5.42. The highest BCUT2D eigenvalue weighted by molar-refractivity contribution is 7.90. The maximum Gasteiger partial charge on any atom is 0.262 e. The van der Waals surface area contributed by atoms with Crippen LogP contribution in [-0.4, -0.2) is 57.6 Å². The number of likely N-dealkylation sites (N-methyl/N-ethyl adjacent to an activating group) is 1. The highest BCUT2D eigenvalue weighted by Gasteiger charge is 2.19. The molecule has 0 bridgehead atoms. The minimum atomic E-state index is -3.77. The monoisotopic (exact) mass is 443 g/mol. The lowest BCUT2D eigenvalue weighted by Gasteiger charge is -2.16. The summed E-state index contributed by atoms with van der Waals surface area (Å²) in [4.78, 5) is 30.1. The first-order valence-corrected chi connectivity index (χ1v) is 11.3. The molecule has 0 fully saturated rings. The number of amides is 2. The Labute approximate surface area is 181 Å². The highest BCUT2D eigenvalue weighted by Crippen LogP contribution is 2.16. The first kappa shape index (κ1) is 22.4. The van der Waals surface area contributed by atoms with Crippen LogP contribution in [0.1, 0.15) is 12.8 Å². The van der Waals surface area contributed by atoms with Gasteiger partial charge in [-0.15, -0.1) is 0 Å². The number of sulfonamides is 1. The van der Waals surface area contributed by atoms with E-state index in [4.69, 9.17) is 0 Å². The summed E-state index contributed by atoms with van der Waals surface area (Å²) in [5.74, 6) is -0.155. The van der Waals surface area contributed by atoms with E-state index in [2.05, 4.69) is 20.3 Å². The standard InChI is InChI=1S/C21H25N5O4S/c1-26(14-20(27)23-16-7-3-2-4-8-16)15-21(28)24-17-9-5-10-18(13-17)31(29,30)25-19-11-6-12-22-19/h2-5,7-10,13H,6,11-12,14-15H2,1H3,(H,22,25)(H,23,27)(H,24,28). The molecule has 164 valence electrons. The zero-order chi connectivity index (χ0) is 22.3. The SMILES string of the molecule is CN(CC(=O)Nc1ccccc1)CC(=O)Nc1cccc(S(=O)(=O)NC2=NCCC2)c1. The molecule has 31 heavy (non-hydrogen) atoms. The maximum absolute atomic E-state index is 12.5. The second kappa shape index (κ2) is 10.2. The Kier molecular flexibility index (Phi) is 7.37. The van der Waals surface area contributed by atoms with Crippen molar-refractivity contribution in [3.63, 3.8) is 0 Å². The molecule has 0 atom stereocenters. The van der Waals surface area contributed by atoms with Crippen molar-refractivity contribution in [2.75, 3.05) is 37.3 Å². The normalized spacial score (nSPS) is 13.5. The van der Waals surface area contributed by atoms with Crippen molar-refractivity contribution in [3.8, 4) is 0 Å². The van der Waals surface area contributed by atoms with E-state index < -0.39 is 10.0 Å². The number of hydrogen-bond acceptors (Lipinski definition) is 6. The molecular weight excluding hydrogens is 418 g/mol. The van der Waals surface area contributed by atoms with Crippen molar-refractivity contribution in [2.24, 2.45) is 4.99 Å². The number of benzene rings is 2. The fourth-order valence-electron chi connectivity index (χ4n) is 3.05. The lowest BCUT2D eigenvalue weighted by Crippen LogP contribution is -2.36. The molecule has 2 aromatic carbocycles. The average Bonchev–Trinajstić information content (AvgIpc) is 3.21. The van der Waals surface area contributed by atoms with Gasteiger partial charge in [0.15, 0.2) is 0 Å². The van der Waals surface area contributed by atoms with Crippen molar-refractivity contribution < 1.29 is 18.0 Å². The van der Waals surface area contributed by atoms with Gasteiger partial charge in [0.1, 0.15) is 5.84 Å². The van der Waals surface area contributed by atoms with E-state index in [-0.39, 0.29) is 29.8 Å². The van der Waals surface area contributed by atoms with Gasteiger partial charge in [0.2, 0.25) is 11.8 Å². The molecule has 2 amide bonds. The third kappa shape index (κ3) is 6.90. The third-order valence-electron chi connectivity index (χ3n) is 4.44. The Balaban J connectivity index is 1.53. The lowest BCUT2D eigenvalue weighted by molar-refractivity contribution is -0.119. The fourth-order valence-corrected chi connectivity index (χ4v) is 4.18. The summed E-state index contributed by atoms with van der Waals surface area (Å²) in [6.07, 6.45) is 1.42. The van der Waals surface area contributed by atoms with Crippen LogP contribution in [0.5, 0.6) is 0 Å². The van der Waals surface area contributed by atoms with E-state index in [0.717, 1.165) is 6.42 Å². The minimum Gasteiger partial charge on any atom is -0.325 e. The van der Waals surface area contributed by atoms with Gasteiger partial charge in [0, 0.05) is 24.3 Å². The van der Waals surface area contributed by atoms with Gasteiger partial charge in [-0.05, 0) is 43.8 Å². The second-order valence-corrected chi connectivity index (χ2v) is 8.88. The summed E-state index contributed by atoms with van der Waals surface area (Å²) in [6.45, 7) is 0.613. The maximum atomic E-state index is 12.5. The van der Waals surface area contributed by atoms with E-state index in [1.807, 2.05) is 18.2 Å². The number of nitrogens with zero attached hydrogens (tertiary/aromatic N) is 2. The number of anilines is 2. The molecule has 1 aliphatic heterocycles. The predicted molar refractivity (Wildman–Crippen MR) is 119 cm³/mol. The molecule has 0 radical (unpaired) electrons. The smallest absolute Gasteiger partial charge is 0.262 e. The molecule has 1 heterocycles. The number of carbonyl (C=O) groups is 2. The summed E-state index contributed by atoms with van der Waals surface area (Å²) in [7, 11) is -2.12. The molecule has 0 spiro atoms. The van der Waals surface area contributed by atoms with Crippen LogP contribution < -0.4 is 15.4 Å². The Morgan fingerprint density at radius 2 is 1.61 bits per heavy atom. The Hall–Kier alpha value is -3.24. The number of aliphatic imine (C=N–C) groups is 1. The van der Waals surface area contributed by atoms with Gasteiger partial charge < -0.3 is 10.6 Å². The second-order valence-electron chi connectivity index (χ2n) is 7.20. The molecule has 0 saturated heterocycles. The van der Waals surface area contributed by atoms with Gasteiger partial charge in [0.25, 0.3) is 10.0 Å². The zero-order valence-corrected chi connectivity index (χ0v) is 18.0. The molecule has 0 aliphatic carbocycles. The molecule has 1 aliphatic rings. The Morgan fingerprint density at radius 3 is 2.26 bits per heavy atom. The summed E-state index contributed by atoms with van der Waals surface area (Å²) in [6, 6.07) is 15.0. The van der Waals surface area contributed by atoms with Crippen molar-refractivity contribution in [2.45, 2.75) is 17.7 Å². The average molecular weight is 444 g/mol. The van der Waals surface area contributed by atoms with Gasteiger partial charge in [-0.2, -0.15) is 0 Å². The number of rotatable bonds is 8. The van der Waals surface area contributed by atoms with Crippen LogP contribution in [0, 0.1) is 0 Å².